The number of nitrogens with two attached hydrogens (primary N) is 1. The maximum Gasteiger partial charge on any atom is 0.224 e. The molecule has 1 aliphatic heterocycles. The fourth-order valence-electron chi connectivity index (χ4n) is 2.09. The number of aromatic nitrogens is 2. The third-order valence-electron chi connectivity index (χ3n) is 3.10. The van der Waals surface area contributed by atoms with Gasteiger partial charge in [0, 0.05) is 26.1 Å². The third-order valence-corrected chi connectivity index (χ3v) is 3.10. The molecule has 6 nitrogen and oxygen atoms in total. The molecular weight excluding hydrogens is 249 g/mol. The first-order valence-electron chi connectivity index (χ1n) is 6.46. The van der Waals surface area contributed by atoms with Crippen LogP contribution in [0.5, 0.6) is 0 Å². The van der Waals surface area contributed by atoms with E-state index in [0.29, 0.717) is 13.0 Å². The van der Waals surface area contributed by atoms with E-state index in [1.54, 1.807) is 0 Å². The summed E-state index contributed by atoms with van der Waals surface area (Å²) in [6, 6.07) is 0. The number of halogens is 1. The summed E-state index contributed by atoms with van der Waals surface area (Å²) >= 11 is 0. The molecule has 0 saturated carbocycles. The maximum atomic E-state index is 13.3. The van der Waals surface area contributed by atoms with E-state index in [1.165, 1.54) is 6.42 Å². The number of nitrogen functional groups attached to an aromatic ring is 1. The van der Waals surface area contributed by atoms with Crippen LogP contribution in [0.25, 0.3) is 0 Å². The molecule has 0 bridgehead atoms. The number of anilines is 2. The van der Waals surface area contributed by atoms with E-state index in [1.807, 2.05) is 4.90 Å². The Kier molecular flexibility index (Phi) is 4.48. The summed E-state index contributed by atoms with van der Waals surface area (Å²) < 4.78 is 13.3. The quantitative estimate of drug-likeness (QED) is 0.850. The summed E-state index contributed by atoms with van der Waals surface area (Å²) in [6.07, 6.45) is 4.65. The van der Waals surface area contributed by atoms with E-state index >= 15 is 0 Å². The van der Waals surface area contributed by atoms with Crippen molar-refractivity contribution in [1.82, 2.24) is 14.9 Å². The molecule has 0 atom stereocenters. The largest absolute Gasteiger partial charge is 0.368 e. The van der Waals surface area contributed by atoms with Gasteiger partial charge in [0.15, 0.2) is 11.6 Å². The monoisotopic (exact) mass is 267 g/mol. The summed E-state index contributed by atoms with van der Waals surface area (Å²) in [7, 11) is 0. The molecule has 7 heteroatoms. The lowest BCUT2D eigenvalue weighted by molar-refractivity contribution is -0.131. The van der Waals surface area contributed by atoms with E-state index in [-0.39, 0.29) is 17.7 Å². The molecule has 2 heterocycles. The second kappa shape index (κ2) is 6.31. The second-order valence-electron chi connectivity index (χ2n) is 4.54. The van der Waals surface area contributed by atoms with E-state index in [0.717, 1.165) is 32.1 Å². The highest BCUT2D eigenvalue weighted by Crippen LogP contribution is 2.12. The minimum atomic E-state index is -0.570. The predicted octanol–water partition coefficient (Wildman–Crippen LogP) is 1.01. The standard InChI is InChI=1S/C12H18FN5O/c13-9-8-16-12(14)17-11(9)15-5-4-10(19)18-6-2-1-3-7-18/h8H,1-7H2,(H3,14,15,16,17). The first-order valence-corrected chi connectivity index (χ1v) is 6.46. The van der Waals surface area contributed by atoms with Crippen LogP contribution >= 0.6 is 0 Å². The molecule has 1 saturated heterocycles. The molecule has 0 unspecified atom stereocenters. The van der Waals surface area contributed by atoms with Crippen molar-refractivity contribution in [2.24, 2.45) is 0 Å². The minimum Gasteiger partial charge on any atom is -0.368 e. The van der Waals surface area contributed by atoms with Gasteiger partial charge in [-0.05, 0) is 19.3 Å². The van der Waals surface area contributed by atoms with Crippen LogP contribution in [0.2, 0.25) is 0 Å². The van der Waals surface area contributed by atoms with Crippen molar-refractivity contribution in [3.63, 3.8) is 0 Å². The van der Waals surface area contributed by atoms with Gasteiger partial charge >= 0.3 is 0 Å². The smallest absolute Gasteiger partial charge is 0.224 e. The number of carbonyl (C=O) groups is 1. The fraction of sp³-hybridized carbons (Fsp3) is 0.583. The van der Waals surface area contributed by atoms with Crippen LogP contribution in [0.3, 0.4) is 0 Å². The van der Waals surface area contributed by atoms with Gasteiger partial charge in [-0.3, -0.25) is 4.79 Å². The Morgan fingerprint density at radius 1 is 1.42 bits per heavy atom. The van der Waals surface area contributed by atoms with Gasteiger partial charge in [-0.2, -0.15) is 4.98 Å². The van der Waals surface area contributed by atoms with Gasteiger partial charge in [-0.15, -0.1) is 0 Å². The number of likely N-dealkylation sites (tertiary alicyclic amines) is 1. The van der Waals surface area contributed by atoms with E-state index < -0.39 is 5.82 Å². The van der Waals surface area contributed by atoms with Crippen LogP contribution in [-0.4, -0.2) is 40.4 Å². The highest BCUT2D eigenvalue weighted by Gasteiger charge is 2.16. The number of amides is 1. The number of hydrogen-bond donors (Lipinski definition) is 2. The molecular formula is C12H18FN5O. The Hall–Kier alpha value is -1.92. The normalized spacial score (nSPS) is 15.3. The van der Waals surface area contributed by atoms with Crippen LogP contribution in [0, 0.1) is 5.82 Å². The molecule has 3 N–H and O–H groups in total. The molecule has 1 amide bonds. The number of rotatable bonds is 4. The molecule has 0 aromatic carbocycles. The predicted molar refractivity (Wildman–Crippen MR) is 69.9 cm³/mol. The SMILES string of the molecule is Nc1ncc(F)c(NCCC(=O)N2CCCCC2)n1. The number of piperidine rings is 1. The van der Waals surface area contributed by atoms with Crippen molar-refractivity contribution < 1.29 is 9.18 Å². The molecule has 1 aromatic heterocycles. The van der Waals surface area contributed by atoms with E-state index in [2.05, 4.69) is 15.3 Å². The topological polar surface area (TPSA) is 84.1 Å². The van der Waals surface area contributed by atoms with Crippen molar-refractivity contribution in [3.05, 3.63) is 12.0 Å². The molecule has 104 valence electrons. The highest BCUT2D eigenvalue weighted by atomic mass is 19.1. The molecule has 1 aromatic rings. The highest BCUT2D eigenvalue weighted by molar-refractivity contribution is 5.76. The average Bonchev–Trinajstić information content (AvgIpc) is 2.43. The van der Waals surface area contributed by atoms with Crippen molar-refractivity contribution in [2.75, 3.05) is 30.7 Å². The zero-order valence-electron chi connectivity index (χ0n) is 10.7. The molecule has 0 spiro atoms. The van der Waals surface area contributed by atoms with Crippen molar-refractivity contribution in [2.45, 2.75) is 25.7 Å². The van der Waals surface area contributed by atoms with Crippen molar-refractivity contribution >= 4 is 17.7 Å². The Morgan fingerprint density at radius 2 is 2.16 bits per heavy atom. The number of hydrogen-bond acceptors (Lipinski definition) is 5. The van der Waals surface area contributed by atoms with Gasteiger partial charge in [0.2, 0.25) is 11.9 Å². The van der Waals surface area contributed by atoms with Gasteiger partial charge in [0.05, 0.1) is 6.20 Å². The van der Waals surface area contributed by atoms with Gasteiger partial charge in [-0.1, -0.05) is 0 Å². The lowest BCUT2D eigenvalue weighted by Gasteiger charge is -2.26. The molecule has 19 heavy (non-hydrogen) atoms. The lowest BCUT2D eigenvalue weighted by Crippen LogP contribution is -2.36. The molecule has 1 fully saturated rings. The van der Waals surface area contributed by atoms with Gasteiger partial charge in [0.1, 0.15) is 0 Å². The van der Waals surface area contributed by atoms with Crippen LogP contribution in [0.4, 0.5) is 16.2 Å². The van der Waals surface area contributed by atoms with Crippen LogP contribution in [-0.2, 0) is 4.79 Å². The van der Waals surface area contributed by atoms with Crippen molar-refractivity contribution in [3.8, 4) is 0 Å². The molecule has 0 radical (unpaired) electrons. The Bertz CT molecular complexity index is 448. The number of nitrogens with zero attached hydrogens (tertiary/aromatic N) is 3. The summed E-state index contributed by atoms with van der Waals surface area (Å²) in [6.45, 7) is 1.99. The first-order chi connectivity index (χ1) is 9.16. The molecule has 1 aliphatic rings. The van der Waals surface area contributed by atoms with Crippen LogP contribution in [0.15, 0.2) is 6.20 Å². The van der Waals surface area contributed by atoms with Gasteiger partial charge in [-0.25, -0.2) is 9.37 Å². The van der Waals surface area contributed by atoms with Gasteiger partial charge in [0.25, 0.3) is 0 Å². The minimum absolute atomic E-state index is 0.00579. The molecule has 0 aliphatic carbocycles. The number of nitrogens with one attached hydrogen (secondary N) is 1. The summed E-state index contributed by atoms with van der Waals surface area (Å²) in [5.41, 5.74) is 5.37. The Labute approximate surface area is 111 Å². The average molecular weight is 267 g/mol. The van der Waals surface area contributed by atoms with Crippen LogP contribution in [0.1, 0.15) is 25.7 Å². The Morgan fingerprint density at radius 3 is 2.89 bits per heavy atom. The van der Waals surface area contributed by atoms with Crippen molar-refractivity contribution in [1.29, 1.82) is 0 Å². The zero-order valence-corrected chi connectivity index (χ0v) is 10.7. The maximum absolute atomic E-state index is 13.3. The fourth-order valence-corrected chi connectivity index (χ4v) is 2.09. The molecule has 2 rings (SSSR count). The second-order valence-corrected chi connectivity index (χ2v) is 4.54. The van der Waals surface area contributed by atoms with Crippen LogP contribution < -0.4 is 11.1 Å². The van der Waals surface area contributed by atoms with Gasteiger partial charge < -0.3 is 16.0 Å². The number of carbonyl (C=O) groups excluding carboxylic acids is 1. The van der Waals surface area contributed by atoms with E-state index in [9.17, 15) is 9.18 Å². The third kappa shape index (κ3) is 3.77. The summed E-state index contributed by atoms with van der Waals surface area (Å²) in [5, 5.41) is 2.77. The zero-order chi connectivity index (χ0) is 13.7. The Balaban J connectivity index is 1.79. The summed E-state index contributed by atoms with van der Waals surface area (Å²) in [5.74, 6) is -0.431. The van der Waals surface area contributed by atoms with E-state index in [4.69, 9.17) is 5.73 Å². The summed E-state index contributed by atoms with van der Waals surface area (Å²) in [4.78, 5) is 21.0. The lowest BCUT2D eigenvalue weighted by atomic mass is 10.1. The first kappa shape index (κ1) is 13.5.